The topological polar surface area (TPSA) is 102 Å². The van der Waals surface area contributed by atoms with Gasteiger partial charge in [0.25, 0.3) is 0 Å². The second kappa shape index (κ2) is 11.6. The Hall–Kier alpha value is -3.69. The van der Waals surface area contributed by atoms with E-state index in [0.717, 1.165) is 27.9 Å². The van der Waals surface area contributed by atoms with Crippen LogP contribution in [-0.4, -0.2) is 50.1 Å². The molecule has 0 radical (unpaired) electrons. The average Bonchev–Trinajstić information content (AvgIpc) is 2.86. The highest BCUT2D eigenvalue weighted by Gasteiger charge is 2.07. The van der Waals surface area contributed by atoms with E-state index in [0.29, 0.717) is 37.9 Å². The molecule has 0 unspecified atom stereocenters. The minimum Gasteiger partial charge on any atom is -0.492 e. The van der Waals surface area contributed by atoms with E-state index in [-0.39, 0.29) is 5.75 Å². The van der Waals surface area contributed by atoms with Crippen LogP contribution in [0.1, 0.15) is 5.56 Å². The molecule has 4 aromatic rings. The van der Waals surface area contributed by atoms with Crippen molar-refractivity contribution in [1.29, 1.82) is 0 Å². The van der Waals surface area contributed by atoms with Crippen molar-refractivity contribution < 1.29 is 17.9 Å². The molecule has 0 aliphatic carbocycles. The van der Waals surface area contributed by atoms with Gasteiger partial charge in [0.2, 0.25) is 0 Å². The van der Waals surface area contributed by atoms with Crippen molar-refractivity contribution in [3.05, 3.63) is 84.7 Å². The Morgan fingerprint density at radius 3 is 2.40 bits per heavy atom. The normalized spacial score (nSPS) is 11.3. The van der Waals surface area contributed by atoms with Gasteiger partial charge in [0.15, 0.2) is 0 Å². The van der Waals surface area contributed by atoms with Crippen molar-refractivity contribution in [2.24, 2.45) is 0 Å². The van der Waals surface area contributed by atoms with Gasteiger partial charge in [-0.05, 0) is 48.0 Å². The molecule has 2 N–H and O–H groups in total. The van der Waals surface area contributed by atoms with Crippen molar-refractivity contribution >= 4 is 32.2 Å². The molecule has 35 heavy (non-hydrogen) atoms. The Balaban J connectivity index is 1.35. The molecule has 4 rings (SSSR count). The molecule has 0 spiro atoms. The molecule has 0 saturated carbocycles. The predicted octanol–water partition coefficient (Wildman–Crippen LogP) is 3.97. The lowest BCUT2D eigenvalue weighted by Gasteiger charge is -2.12. The fraction of sp³-hybridized carbons (Fsp3) is 0.231. The summed E-state index contributed by atoms with van der Waals surface area (Å²) < 4.78 is 34.0. The third kappa shape index (κ3) is 7.66. The Morgan fingerprint density at radius 1 is 0.857 bits per heavy atom. The number of ether oxygens (including phenoxy) is 2. The number of benzene rings is 3. The van der Waals surface area contributed by atoms with Crippen LogP contribution in [-0.2, 0) is 16.4 Å². The lowest BCUT2D eigenvalue weighted by Crippen LogP contribution is -2.26. The number of sulfone groups is 1. The van der Waals surface area contributed by atoms with Crippen LogP contribution in [0.25, 0.3) is 10.9 Å². The molecule has 0 aliphatic heterocycles. The highest BCUT2D eigenvalue weighted by Crippen LogP contribution is 2.27. The number of hydrogen-bond acceptors (Lipinski definition) is 8. The lowest BCUT2D eigenvalue weighted by atomic mass is 10.2. The van der Waals surface area contributed by atoms with E-state index in [9.17, 15) is 8.42 Å². The number of nitrogens with one attached hydrogen (secondary N) is 2. The molecular formula is C26H28N4O4S. The van der Waals surface area contributed by atoms with E-state index in [1.165, 1.54) is 12.6 Å². The molecule has 0 atom stereocenters. The van der Waals surface area contributed by atoms with E-state index in [2.05, 4.69) is 20.6 Å². The van der Waals surface area contributed by atoms with E-state index in [1.807, 2.05) is 72.8 Å². The van der Waals surface area contributed by atoms with Gasteiger partial charge in [-0.3, -0.25) is 0 Å². The first-order valence-electron chi connectivity index (χ1n) is 11.3. The molecule has 8 nitrogen and oxygen atoms in total. The van der Waals surface area contributed by atoms with Gasteiger partial charge in [0, 0.05) is 30.4 Å². The van der Waals surface area contributed by atoms with Gasteiger partial charge in [-0.1, -0.05) is 30.3 Å². The maximum absolute atomic E-state index is 11.2. The monoisotopic (exact) mass is 492 g/mol. The zero-order valence-electron chi connectivity index (χ0n) is 19.5. The first-order valence-corrected chi connectivity index (χ1v) is 13.3. The molecule has 1 heterocycles. The highest BCUT2D eigenvalue weighted by atomic mass is 32.2. The van der Waals surface area contributed by atoms with Crippen LogP contribution in [0.4, 0.5) is 11.5 Å². The molecule has 0 bridgehead atoms. The zero-order chi connectivity index (χ0) is 24.5. The molecule has 0 amide bonds. The molecule has 0 fully saturated rings. The Kier molecular flexibility index (Phi) is 8.12. The summed E-state index contributed by atoms with van der Waals surface area (Å²) in [6.45, 7) is 1.87. The van der Waals surface area contributed by atoms with Gasteiger partial charge in [0.05, 0.1) is 11.3 Å². The third-order valence-corrected chi connectivity index (χ3v) is 6.12. The van der Waals surface area contributed by atoms with E-state index in [1.54, 1.807) is 0 Å². The molecule has 9 heteroatoms. The van der Waals surface area contributed by atoms with Crippen LogP contribution in [0.5, 0.6) is 11.5 Å². The first-order chi connectivity index (χ1) is 17.0. The molecule has 1 aromatic heterocycles. The second-order valence-electron chi connectivity index (χ2n) is 8.05. The van der Waals surface area contributed by atoms with E-state index in [4.69, 9.17) is 9.47 Å². The van der Waals surface area contributed by atoms with Gasteiger partial charge >= 0.3 is 0 Å². The minimum absolute atomic E-state index is 0.107. The average molecular weight is 493 g/mol. The minimum atomic E-state index is -2.97. The SMILES string of the molecule is CS(=O)(=O)CCNCCOc1ccc2ncnc(Nc3ccc(OCc4ccccc4)cc3)c2c1. The van der Waals surface area contributed by atoms with Gasteiger partial charge in [-0.25, -0.2) is 18.4 Å². The summed E-state index contributed by atoms with van der Waals surface area (Å²) in [7, 11) is -2.97. The first kappa shape index (κ1) is 24.4. The number of anilines is 2. The van der Waals surface area contributed by atoms with E-state index >= 15 is 0 Å². The van der Waals surface area contributed by atoms with Crippen LogP contribution >= 0.6 is 0 Å². The lowest BCUT2D eigenvalue weighted by molar-refractivity contribution is 0.306. The molecule has 0 aliphatic rings. The van der Waals surface area contributed by atoms with Gasteiger partial charge in [0.1, 0.15) is 46.7 Å². The van der Waals surface area contributed by atoms with Crippen molar-refractivity contribution in [3.8, 4) is 11.5 Å². The fourth-order valence-corrected chi connectivity index (χ4v) is 3.88. The van der Waals surface area contributed by atoms with Crippen LogP contribution < -0.4 is 20.1 Å². The Morgan fingerprint density at radius 2 is 1.63 bits per heavy atom. The molecule has 182 valence electrons. The summed E-state index contributed by atoms with van der Waals surface area (Å²) in [5, 5.41) is 7.24. The summed E-state index contributed by atoms with van der Waals surface area (Å²) in [5.41, 5.74) is 2.78. The third-order valence-electron chi connectivity index (χ3n) is 5.17. The van der Waals surface area contributed by atoms with Crippen molar-refractivity contribution in [1.82, 2.24) is 15.3 Å². The van der Waals surface area contributed by atoms with Crippen LogP contribution in [0.2, 0.25) is 0 Å². The molecule has 0 saturated heterocycles. The smallest absolute Gasteiger partial charge is 0.148 e. The highest BCUT2D eigenvalue weighted by molar-refractivity contribution is 7.90. The van der Waals surface area contributed by atoms with Crippen molar-refractivity contribution in [2.75, 3.05) is 37.0 Å². The Bertz CT molecular complexity index is 1350. The quantitative estimate of drug-likeness (QED) is 0.287. The van der Waals surface area contributed by atoms with Crippen LogP contribution in [0.15, 0.2) is 79.1 Å². The summed E-state index contributed by atoms with van der Waals surface area (Å²) >= 11 is 0. The van der Waals surface area contributed by atoms with Crippen molar-refractivity contribution in [3.63, 3.8) is 0 Å². The standard InChI is InChI=1S/C26H28N4O4S/c1-35(31,32)16-14-27-13-15-33-23-11-12-25-24(17-23)26(29-19-28-25)30-21-7-9-22(10-8-21)34-18-20-5-3-2-4-6-20/h2-12,17,19,27H,13-16,18H2,1H3,(H,28,29,30). The van der Waals surface area contributed by atoms with Crippen LogP contribution in [0.3, 0.4) is 0 Å². The summed E-state index contributed by atoms with van der Waals surface area (Å²) in [6.07, 6.45) is 2.75. The number of fused-ring (bicyclic) bond motifs is 1. The maximum atomic E-state index is 11.2. The predicted molar refractivity (Wildman–Crippen MR) is 138 cm³/mol. The number of rotatable bonds is 12. The summed E-state index contributed by atoms with van der Waals surface area (Å²) in [6, 6.07) is 23.4. The summed E-state index contributed by atoms with van der Waals surface area (Å²) in [5.74, 6) is 2.25. The summed E-state index contributed by atoms with van der Waals surface area (Å²) in [4.78, 5) is 8.75. The molecule has 3 aromatic carbocycles. The van der Waals surface area contributed by atoms with Gasteiger partial charge in [-0.2, -0.15) is 0 Å². The van der Waals surface area contributed by atoms with Gasteiger partial charge in [-0.15, -0.1) is 0 Å². The van der Waals surface area contributed by atoms with Gasteiger partial charge < -0.3 is 20.1 Å². The molecular weight excluding hydrogens is 464 g/mol. The number of nitrogens with zero attached hydrogens (tertiary/aromatic N) is 2. The fourth-order valence-electron chi connectivity index (χ4n) is 3.36. The van der Waals surface area contributed by atoms with Crippen LogP contribution in [0, 0.1) is 0 Å². The van der Waals surface area contributed by atoms with E-state index < -0.39 is 9.84 Å². The number of hydrogen-bond donors (Lipinski definition) is 2. The largest absolute Gasteiger partial charge is 0.492 e. The Labute approximate surface area is 205 Å². The van der Waals surface area contributed by atoms with Crippen molar-refractivity contribution in [2.45, 2.75) is 6.61 Å². The zero-order valence-corrected chi connectivity index (χ0v) is 20.3. The second-order valence-corrected chi connectivity index (χ2v) is 10.3. The maximum Gasteiger partial charge on any atom is 0.148 e. The number of aromatic nitrogens is 2.